The fourth-order valence-electron chi connectivity index (χ4n) is 1.95. The van der Waals surface area contributed by atoms with E-state index in [1.54, 1.807) is 18.6 Å². The maximum atomic E-state index is 11.0. The van der Waals surface area contributed by atoms with E-state index in [9.17, 15) is 4.79 Å². The van der Waals surface area contributed by atoms with Crippen molar-refractivity contribution in [2.45, 2.75) is 6.92 Å². The summed E-state index contributed by atoms with van der Waals surface area (Å²) in [5.74, 6) is 0.408. The van der Waals surface area contributed by atoms with Crippen LogP contribution in [0.15, 0.2) is 42.9 Å². The Labute approximate surface area is 109 Å². The molecular formula is C14H12N4O. The molecular weight excluding hydrogens is 240 g/mol. The van der Waals surface area contributed by atoms with Crippen LogP contribution in [0.1, 0.15) is 6.92 Å². The first kappa shape index (κ1) is 11.4. The minimum absolute atomic E-state index is 0.133. The number of hydrogen-bond acceptors (Lipinski definition) is 3. The van der Waals surface area contributed by atoms with Gasteiger partial charge in [0.05, 0.1) is 5.52 Å². The number of anilines is 1. The van der Waals surface area contributed by atoms with E-state index in [0.717, 1.165) is 22.2 Å². The first-order valence-corrected chi connectivity index (χ1v) is 5.89. The van der Waals surface area contributed by atoms with Crippen LogP contribution in [0.5, 0.6) is 0 Å². The Hall–Kier alpha value is -2.69. The van der Waals surface area contributed by atoms with E-state index in [2.05, 4.69) is 20.3 Å². The first-order chi connectivity index (χ1) is 9.22. The second kappa shape index (κ2) is 4.53. The lowest BCUT2D eigenvalue weighted by Gasteiger charge is -1.99. The summed E-state index contributed by atoms with van der Waals surface area (Å²) in [4.78, 5) is 22.6. The zero-order valence-electron chi connectivity index (χ0n) is 10.3. The highest BCUT2D eigenvalue weighted by atomic mass is 16.1. The van der Waals surface area contributed by atoms with Crippen LogP contribution >= 0.6 is 0 Å². The molecule has 0 saturated carbocycles. The molecule has 0 saturated heterocycles. The van der Waals surface area contributed by atoms with Crippen LogP contribution in [-0.4, -0.2) is 20.9 Å². The Morgan fingerprint density at radius 1 is 1.32 bits per heavy atom. The molecule has 0 fully saturated rings. The largest absolute Gasteiger partial charge is 0.354 e. The van der Waals surface area contributed by atoms with Crippen molar-refractivity contribution in [2.75, 3.05) is 5.32 Å². The van der Waals surface area contributed by atoms with Crippen molar-refractivity contribution < 1.29 is 4.79 Å². The van der Waals surface area contributed by atoms with Gasteiger partial charge in [-0.3, -0.25) is 9.78 Å². The van der Waals surface area contributed by atoms with Crippen LogP contribution in [0.4, 0.5) is 5.82 Å². The number of fused-ring (bicyclic) bond motifs is 1. The predicted molar refractivity (Wildman–Crippen MR) is 73.6 cm³/mol. The van der Waals surface area contributed by atoms with Crippen LogP contribution in [0, 0.1) is 0 Å². The van der Waals surface area contributed by atoms with Gasteiger partial charge < -0.3 is 10.3 Å². The van der Waals surface area contributed by atoms with Crippen LogP contribution < -0.4 is 5.32 Å². The highest BCUT2D eigenvalue weighted by Crippen LogP contribution is 2.24. The van der Waals surface area contributed by atoms with E-state index < -0.39 is 0 Å². The Balaban J connectivity index is 2.04. The Morgan fingerprint density at radius 3 is 2.95 bits per heavy atom. The summed E-state index contributed by atoms with van der Waals surface area (Å²) in [6, 6.07) is 7.70. The molecule has 2 N–H and O–H groups in total. The van der Waals surface area contributed by atoms with Gasteiger partial charge in [0.15, 0.2) is 0 Å². The van der Waals surface area contributed by atoms with Crippen molar-refractivity contribution in [2.24, 2.45) is 0 Å². The lowest BCUT2D eigenvalue weighted by atomic mass is 10.2. The molecule has 19 heavy (non-hydrogen) atoms. The minimum atomic E-state index is -0.133. The zero-order chi connectivity index (χ0) is 13.2. The van der Waals surface area contributed by atoms with E-state index in [-0.39, 0.29) is 5.91 Å². The number of nitrogens with zero attached hydrogens (tertiary/aromatic N) is 2. The van der Waals surface area contributed by atoms with E-state index in [1.807, 2.05) is 24.3 Å². The van der Waals surface area contributed by atoms with Gasteiger partial charge in [0.2, 0.25) is 5.91 Å². The van der Waals surface area contributed by atoms with E-state index in [1.165, 1.54) is 6.92 Å². The second-order valence-electron chi connectivity index (χ2n) is 4.26. The summed E-state index contributed by atoms with van der Waals surface area (Å²) >= 11 is 0. The third-order valence-corrected chi connectivity index (χ3v) is 2.78. The number of aromatic amines is 1. The molecule has 94 valence electrons. The van der Waals surface area contributed by atoms with Crippen molar-refractivity contribution in [3.8, 4) is 11.3 Å². The van der Waals surface area contributed by atoms with Crippen LogP contribution in [0.25, 0.3) is 22.2 Å². The van der Waals surface area contributed by atoms with Gasteiger partial charge in [0.25, 0.3) is 0 Å². The van der Waals surface area contributed by atoms with Gasteiger partial charge in [-0.1, -0.05) is 0 Å². The van der Waals surface area contributed by atoms with E-state index >= 15 is 0 Å². The van der Waals surface area contributed by atoms with Gasteiger partial charge in [-0.15, -0.1) is 0 Å². The third kappa shape index (κ3) is 2.30. The zero-order valence-corrected chi connectivity index (χ0v) is 10.3. The molecule has 3 aromatic rings. The van der Waals surface area contributed by atoms with Crippen molar-refractivity contribution in [3.63, 3.8) is 0 Å². The van der Waals surface area contributed by atoms with Crippen molar-refractivity contribution in [3.05, 3.63) is 42.9 Å². The van der Waals surface area contributed by atoms with Gasteiger partial charge in [-0.25, -0.2) is 4.98 Å². The molecule has 3 rings (SSSR count). The number of amides is 1. The topological polar surface area (TPSA) is 70.7 Å². The van der Waals surface area contributed by atoms with Crippen LogP contribution in [0.2, 0.25) is 0 Å². The smallest absolute Gasteiger partial charge is 0.222 e. The number of H-pyrrole nitrogens is 1. The summed E-state index contributed by atoms with van der Waals surface area (Å²) in [6.45, 7) is 1.46. The SMILES string of the molecule is CC(=O)Nc1cc2[nH]c(-c3cccnc3)cc2cn1. The highest BCUT2D eigenvalue weighted by molar-refractivity contribution is 5.91. The quantitative estimate of drug-likeness (QED) is 0.736. The summed E-state index contributed by atoms with van der Waals surface area (Å²) in [5.41, 5.74) is 2.92. The lowest BCUT2D eigenvalue weighted by Crippen LogP contribution is -2.06. The molecule has 3 aromatic heterocycles. The molecule has 0 bridgehead atoms. The number of rotatable bonds is 2. The summed E-state index contributed by atoms with van der Waals surface area (Å²) < 4.78 is 0. The number of aromatic nitrogens is 3. The fraction of sp³-hybridized carbons (Fsp3) is 0.0714. The Bertz CT molecular complexity index is 734. The van der Waals surface area contributed by atoms with Gasteiger partial charge in [-0.2, -0.15) is 0 Å². The second-order valence-corrected chi connectivity index (χ2v) is 4.26. The third-order valence-electron chi connectivity index (χ3n) is 2.78. The minimum Gasteiger partial charge on any atom is -0.354 e. The summed E-state index contributed by atoms with van der Waals surface area (Å²) in [6.07, 6.45) is 5.27. The molecule has 0 spiro atoms. The summed E-state index contributed by atoms with van der Waals surface area (Å²) in [7, 11) is 0. The highest BCUT2D eigenvalue weighted by Gasteiger charge is 2.05. The average Bonchev–Trinajstić information content (AvgIpc) is 2.82. The molecule has 5 heteroatoms. The van der Waals surface area contributed by atoms with Gasteiger partial charge in [-0.05, 0) is 18.2 Å². The molecule has 5 nitrogen and oxygen atoms in total. The Morgan fingerprint density at radius 2 is 2.21 bits per heavy atom. The van der Waals surface area contributed by atoms with Gasteiger partial charge >= 0.3 is 0 Å². The predicted octanol–water partition coefficient (Wildman–Crippen LogP) is 2.58. The molecule has 0 unspecified atom stereocenters. The standard InChI is InChI=1S/C14H12N4O/c1-9(19)17-14-6-13-11(8-16-14)5-12(18-13)10-3-2-4-15-7-10/h2-8,18H,1H3,(H,16,17,19). The number of carbonyl (C=O) groups is 1. The van der Waals surface area contributed by atoms with Crippen LogP contribution in [0.3, 0.4) is 0 Å². The van der Waals surface area contributed by atoms with Gasteiger partial charge in [0.1, 0.15) is 5.82 Å². The molecule has 0 atom stereocenters. The fourth-order valence-corrected chi connectivity index (χ4v) is 1.95. The van der Waals surface area contributed by atoms with Crippen molar-refractivity contribution in [1.29, 1.82) is 0 Å². The molecule has 0 aliphatic rings. The lowest BCUT2D eigenvalue weighted by molar-refractivity contribution is -0.114. The van der Waals surface area contributed by atoms with Gasteiger partial charge in [0, 0.05) is 48.2 Å². The maximum absolute atomic E-state index is 11.0. The van der Waals surface area contributed by atoms with Crippen LogP contribution in [-0.2, 0) is 4.79 Å². The number of nitrogens with one attached hydrogen (secondary N) is 2. The molecule has 0 aliphatic carbocycles. The monoisotopic (exact) mass is 252 g/mol. The molecule has 1 amide bonds. The average molecular weight is 252 g/mol. The molecule has 0 aliphatic heterocycles. The molecule has 0 radical (unpaired) electrons. The number of pyridine rings is 2. The Kier molecular flexibility index (Phi) is 2.72. The normalized spacial score (nSPS) is 10.6. The maximum Gasteiger partial charge on any atom is 0.222 e. The first-order valence-electron chi connectivity index (χ1n) is 5.89. The molecule has 3 heterocycles. The number of carbonyl (C=O) groups excluding carboxylic acids is 1. The number of hydrogen-bond donors (Lipinski definition) is 2. The van der Waals surface area contributed by atoms with E-state index in [4.69, 9.17) is 0 Å². The summed E-state index contributed by atoms with van der Waals surface area (Å²) in [5, 5.41) is 3.66. The molecule has 0 aromatic carbocycles. The van der Waals surface area contributed by atoms with E-state index in [0.29, 0.717) is 5.82 Å². The van der Waals surface area contributed by atoms with Crippen molar-refractivity contribution in [1.82, 2.24) is 15.0 Å². The van der Waals surface area contributed by atoms with Crippen molar-refractivity contribution >= 4 is 22.6 Å².